The molecule has 0 unspecified atom stereocenters. The standard InChI is InChI=1S/C7H15NO/c1-5-6(8)7(2,3)4-9-5/h5-6H,4,8H2,1-3H3/t5-,6+/m0/s1. The van der Waals surface area contributed by atoms with Gasteiger partial charge in [-0.05, 0) is 6.92 Å². The third-order valence-corrected chi connectivity index (χ3v) is 2.13. The Labute approximate surface area is 56.4 Å². The van der Waals surface area contributed by atoms with Crippen molar-refractivity contribution in [3.8, 4) is 0 Å². The lowest BCUT2D eigenvalue weighted by molar-refractivity contribution is 0.109. The molecule has 0 aromatic rings. The molecular weight excluding hydrogens is 114 g/mol. The van der Waals surface area contributed by atoms with E-state index in [4.69, 9.17) is 10.5 Å². The van der Waals surface area contributed by atoms with E-state index in [1.54, 1.807) is 0 Å². The van der Waals surface area contributed by atoms with Crippen LogP contribution in [0.2, 0.25) is 0 Å². The number of hydrogen-bond donors (Lipinski definition) is 1. The topological polar surface area (TPSA) is 35.2 Å². The summed E-state index contributed by atoms with van der Waals surface area (Å²) in [4.78, 5) is 0. The van der Waals surface area contributed by atoms with Crippen molar-refractivity contribution in [2.75, 3.05) is 6.61 Å². The van der Waals surface area contributed by atoms with Gasteiger partial charge in [0, 0.05) is 11.5 Å². The van der Waals surface area contributed by atoms with Gasteiger partial charge in [0.1, 0.15) is 0 Å². The molecule has 0 spiro atoms. The van der Waals surface area contributed by atoms with Gasteiger partial charge in [0.25, 0.3) is 0 Å². The van der Waals surface area contributed by atoms with Crippen LogP contribution in [0.5, 0.6) is 0 Å². The molecule has 0 aliphatic carbocycles. The molecule has 0 bridgehead atoms. The van der Waals surface area contributed by atoms with Crippen LogP contribution < -0.4 is 5.73 Å². The Kier molecular flexibility index (Phi) is 1.53. The monoisotopic (exact) mass is 129 g/mol. The summed E-state index contributed by atoms with van der Waals surface area (Å²) in [5, 5.41) is 0. The van der Waals surface area contributed by atoms with Crippen molar-refractivity contribution in [1.29, 1.82) is 0 Å². The third-order valence-electron chi connectivity index (χ3n) is 2.13. The Bertz CT molecular complexity index is 111. The molecule has 2 atom stereocenters. The van der Waals surface area contributed by atoms with Gasteiger partial charge in [-0.15, -0.1) is 0 Å². The van der Waals surface area contributed by atoms with Gasteiger partial charge >= 0.3 is 0 Å². The fourth-order valence-corrected chi connectivity index (χ4v) is 1.18. The van der Waals surface area contributed by atoms with E-state index in [1.807, 2.05) is 6.92 Å². The van der Waals surface area contributed by atoms with Crippen molar-refractivity contribution in [1.82, 2.24) is 0 Å². The lowest BCUT2D eigenvalue weighted by atomic mass is 9.86. The summed E-state index contributed by atoms with van der Waals surface area (Å²) in [6.07, 6.45) is 0.236. The smallest absolute Gasteiger partial charge is 0.0704 e. The molecule has 0 saturated carbocycles. The molecule has 1 aliphatic rings. The second kappa shape index (κ2) is 1.96. The van der Waals surface area contributed by atoms with Crippen molar-refractivity contribution in [3.05, 3.63) is 0 Å². The highest BCUT2D eigenvalue weighted by Crippen LogP contribution is 2.29. The summed E-state index contributed by atoms with van der Waals surface area (Å²) in [5.41, 5.74) is 6.01. The average molecular weight is 129 g/mol. The molecule has 1 heterocycles. The largest absolute Gasteiger partial charge is 0.376 e. The highest BCUT2D eigenvalue weighted by atomic mass is 16.5. The van der Waals surface area contributed by atoms with E-state index in [0.29, 0.717) is 0 Å². The van der Waals surface area contributed by atoms with Crippen LogP contribution in [0.1, 0.15) is 20.8 Å². The SMILES string of the molecule is C[C@@H]1OCC(C)(C)[C@@H]1N. The zero-order valence-corrected chi connectivity index (χ0v) is 6.35. The summed E-state index contributed by atoms with van der Waals surface area (Å²) in [5.74, 6) is 0. The zero-order chi connectivity index (χ0) is 7.07. The van der Waals surface area contributed by atoms with Crippen LogP contribution in [0.25, 0.3) is 0 Å². The second-order valence-electron chi connectivity index (χ2n) is 3.53. The first kappa shape index (κ1) is 7.03. The van der Waals surface area contributed by atoms with E-state index in [-0.39, 0.29) is 17.6 Å². The highest BCUT2D eigenvalue weighted by Gasteiger charge is 2.37. The van der Waals surface area contributed by atoms with E-state index in [9.17, 15) is 0 Å². The van der Waals surface area contributed by atoms with Crippen molar-refractivity contribution in [3.63, 3.8) is 0 Å². The van der Waals surface area contributed by atoms with Gasteiger partial charge in [-0.1, -0.05) is 13.8 Å². The average Bonchev–Trinajstić information content (AvgIpc) is 1.97. The molecule has 0 aromatic heterocycles. The summed E-state index contributed by atoms with van der Waals surface area (Å²) < 4.78 is 5.36. The van der Waals surface area contributed by atoms with Gasteiger partial charge in [-0.3, -0.25) is 0 Å². The minimum absolute atomic E-state index is 0.180. The predicted octanol–water partition coefficient (Wildman–Crippen LogP) is 0.759. The molecule has 1 saturated heterocycles. The Morgan fingerprint density at radius 3 is 2.22 bits per heavy atom. The minimum Gasteiger partial charge on any atom is -0.376 e. The van der Waals surface area contributed by atoms with Gasteiger partial charge in [0.2, 0.25) is 0 Å². The zero-order valence-electron chi connectivity index (χ0n) is 6.35. The number of nitrogens with two attached hydrogens (primary N) is 1. The van der Waals surface area contributed by atoms with Crippen LogP contribution in [0.3, 0.4) is 0 Å². The molecule has 2 heteroatoms. The van der Waals surface area contributed by atoms with Gasteiger partial charge in [0.05, 0.1) is 12.7 Å². The van der Waals surface area contributed by atoms with Gasteiger partial charge in [-0.25, -0.2) is 0 Å². The fraction of sp³-hybridized carbons (Fsp3) is 1.00. The Hall–Kier alpha value is -0.0800. The summed E-state index contributed by atoms with van der Waals surface area (Å²) in [6.45, 7) is 7.11. The maximum atomic E-state index is 5.83. The van der Waals surface area contributed by atoms with Crippen LogP contribution in [0.15, 0.2) is 0 Å². The molecule has 1 fully saturated rings. The fourth-order valence-electron chi connectivity index (χ4n) is 1.18. The van der Waals surface area contributed by atoms with E-state index >= 15 is 0 Å². The van der Waals surface area contributed by atoms with Gasteiger partial charge < -0.3 is 10.5 Å². The first-order chi connectivity index (χ1) is 4.04. The second-order valence-corrected chi connectivity index (χ2v) is 3.53. The van der Waals surface area contributed by atoms with E-state index in [0.717, 1.165) is 6.61 Å². The molecule has 2 nitrogen and oxygen atoms in total. The lowest BCUT2D eigenvalue weighted by Crippen LogP contribution is -2.39. The van der Waals surface area contributed by atoms with E-state index in [1.165, 1.54) is 0 Å². The maximum Gasteiger partial charge on any atom is 0.0704 e. The molecule has 1 aliphatic heterocycles. The van der Waals surface area contributed by atoms with Gasteiger partial charge in [0.15, 0.2) is 0 Å². The van der Waals surface area contributed by atoms with Crippen molar-refractivity contribution < 1.29 is 4.74 Å². The van der Waals surface area contributed by atoms with E-state index in [2.05, 4.69) is 13.8 Å². The first-order valence-electron chi connectivity index (χ1n) is 3.41. The number of rotatable bonds is 0. The summed E-state index contributed by atoms with van der Waals surface area (Å²) in [6, 6.07) is 0.206. The van der Waals surface area contributed by atoms with Crippen LogP contribution in [-0.2, 0) is 4.74 Å². The molecule has 1 rings (SSSR count). The van der Waals surface area contributed by atoms with Crippen molar-refractivity contribution in [2.45, 2.75) is 32.9 Å². The Morgan fingerprint density at radius 2 is 2.11 bits per heavy atom. The Morgan fingerprint density at radius 1 is 1.56 bits per heavy atom. The number of hydrogen-bond acceptors (Lipinski definition) is 2. The molecule has 0 amide bonds. The molecule has 2 N–H and O–H groups in total. The Balaban J connectivity index is 2.62. The summed E-state index contributed by atoms with van der Waals surface area (Å²) >= 11 is 0. The predicted molar refractivity (Wildman–Crippen MR) is 37.2 cm³/mol. The van der Waals surface area contributed by atoms with Crippen LogP contribution >= 0.6 is 0 Å². The molecular formula is C7H15NO. The molecule has 54 valence electrons. The van der Waals surface area contributed by atoms with Gasteiger partial charge in [-0.2, -0.15) is 0 Å². The van der Waals surface area contributed by atoms with E-state index < -0.39 is 0 Å². The third kappa shape index (κ3) is 1.10. The highest BCUT2D eigenvalue weighted by molar-refractivity contribution is 4.90. The first-order valence-corrected chi connectivity index (χ1v) is 3.41. The number of ether oxygens (including phenoxy) is 1. The summed E-state index contributed by atoms with van der Waals surface area (Å²) in [7, 11) is 0. The molecule has 0 radical (unpaired) electrons. The molecule has 0 aromatic carbocycles. The van der Waals surface area contributed by atoms with Crippen LogP contribution in [0, 0.1) is 5.41 Å². The normalized spacial score (nSPS) is 41.3. The molecule has 9 heavy (non-hydrogen) atoms. The van der Waals surface area contributed by atoms with Crippen LogP contribution in [-0.4, -0.2) is 18.8 Å². The lowest BCUT2D eigenvalue weighted by Gasteiger charge is -2.21. The van der Waals surface area contributed by atoms with Crippen molar-refractivity contribution in [2.24, 2.45) is 11.1 Å². The minimum atomic E-state index is 0.180. The van der Waals surface area contributed by atoms with Crippen LogP contribution in [0.4, 0.5) is 0 Å². The quantitative estimate of drug-likeness (QED) is 0.524. The van der Waals surface area contributed by atoms with Crippen molar-refractivity contribution >= 4 is 0 Å². The maximum absolute atomic E-state index is 5.83.